The zero-order chi connectivity index (χ0) is 17.7. The van der Waals surface area contributed by atoms with E-state index in [4.69, 9.17) is 10.5 Å². The van der Waals surface area contributed by atoms with Gasteiger partial charge in [-0.15, -0.1) is 0 Å². The first-order chi connectivity index (χ1) is 12.1. The summed E-state index contributed by atoms with van der Waals surface area (Å²) in [4.78, 5) is 0. The number of fused-ring (bicyclic) bond motifs is 1. The highest BCUT2D eigenvalue weighted by molar-refractivity contribution is 5.36. The van der Waals surface area contributed by atoms with Crippen molar-refractivity contribution in [3.63, 3.8) is 0 Å². The second-order valence-electron chi connectivity index (χ2n) is 8.44. The van der Waals surface area contributed by atoms with E-state index in [-0.39, 0.29) is 12.1 Å². The van der Waals surface area contributed by atoms with Crippen LogP contribution >= 0.6 is 0 Å². The molecule has 3 rings (SSSR count). The Morgan fingerprint density at radius 1 is 1.20 bits per heavy atom. The maximum absolute atomic E-state index is 9.50. The number of rotatable bonds is 8. The van der Waals surface area contributed by atoms with Gasteiger partial charge in [-0.25, -0.2) is 0 Å². The number of hydrogen-bond acceptors (Lipinski definition) is 3. The number of nitrogens with two attached hydrogens (primary N) is 1. The highest BCUT2D eigenvalue weighted by atomic mass is 16.5. The van der Waals surface area contributed by atoms with Crippen LogP contribution in [-0.2, 0) is 17.6 Å². The highest BCUT2D eigenvalue weighted by Crippen LogP contribution is 2.40. The molecule has 2 aliphatic carbocycles. The van der Waals surface area contributed by atoms with Crippen LogP contribution in [0.15, 0.2) is 18.2 Å². The fourth-order valence-electron chi connectivity index (χ4n) is 4.79. The van der Waals surface area contributed by atoms with Crippen molar-refractivity contribution >= 4 is 0 Å². The van der Waals surface area contributed by atoms with E-state index < -0.39 is 0 Å². The molecule has 0 bridgehead atoms. The second-order valence-corrected chi connectivity index (χ2v) is 8.44. The van der Waals surface area contributed by atoms with E-state index in [1.165, 1.54) is 50.5 Å². The van der Waals surface area contributed by atoms with Gasteiger partial charge in [0.2, 0.25) is 0 Å². The number of aliphatic hydroxyl groups excluding tert-OH is 1. The van der Waals surface area contributed by atoms with Crippen molar-refractivity contribution < 1.29 is 9.84 Å². The molecule has 1 saturated carbocycles. The minimum atomic E-state index is -0.353. The Kier molecular flexibility index (Phi) is 6.54. The average Bonchev–Trinajstić information content (AvgIpc) is 3.04. The van der Waals surface area contributed by atoms with E-state index in [1.54, 1.807) is 18.2 Å². The summed E-state index contributed by atoms with van der Waals surface area (Å²) in [6.45, 7) is 1.01. The molecule has 0 heterocycles. The SMILES string of the molecule is COCCCCC[C@@H]1CCc2cc([C@H]3CC[C@](N)(CO)C3)ccc2C1. The minimum absolute atomic E-state index is 0.112. The van der Waals surface area contributed by atoms with Gasteiger partial charge in [-0.3, -0.25) is 0 Å². The third-order valence-corrected chi connectivity index (χ3v) is 6.45. The molecule has 3 nitrogen and oxygen atoms in total. The van der Waals surface area contributed by atoms with Crippen molar-refractivity contribution in [1.29, 1.82) is 0 Å². The summed E-state index contributed by atoms with van der Waals surface area (Å²) in [5.41, 5.74) is 10.5. The molecule has 3 N–H and O–H groups in total. The van der Waals surface area contributed by atoms with Crippen molar-refractivity contribution in [2.45, 2.75) is 75.7 Å². The molecule has 140 valence electrons. The lowest BCUT2D eigenvalue weighted by atomic mass is 9.79. The maximum Gasteiger partial charge on any atom is 0.0611 e. The Labute approximate surface area is 153 Å². The summed E-state index contributed by atoms with van der Waals surface area (Å²) >= 11 is 0. The standard InChI is InChI=1S/C22H35NO2/c1-25-12-4-2-3-5-17-6-7-19-14-20(9-8-18(19)13-17)21-10-11-22(23,15-21)16-24/h8-9,14,17,21,24H,2-7,10-13,15-16,23H2,1H3/t17-,21+,22-/m1/s1. The highest BCUT2D eigenvalue weighted by Gasteiger charge is 2.36. The molecular formula is C22H35NO2. The lowest BCUT2D eigenvalue weighted by Gasteiger charge is -2.26. The first kappa shape index (κ1) is 18.9. The van der Waals surface area contributed by atoms with Crippen LogP contribution in [-0.4, -0.2) is 31.0 Å². The number of hydrogen-bond donors (Lipinski definition) is 2. The zero-order valence-corrected chi connectivity index (χ0v) is 15.8. The van der Waals surface area contributed by atoms with Crippen LogP contribution in [0.4, 0.5) is 0 Å². The topological polar surface area (TPSA) is 55.5 Å². The Bertz CT molecular complexity index is 559. The van der Waals surface area contributed by atoms with Crippen LogP contribution in [0, 0.1) is 5.92 Å². The van der Waals surface area contributed by atoms with Crippen molar-refractivity contribution in [3.05, 3.63) is 34.9 Å². The average molecular weight is 346 g/mol. The third kappa shape index (κ3) is 4.84. The predicted molar refractivity (Wildman–Crippen MR) is 103 cm³/mol. The van der Waals surface area contributed by atoms with Gasteiger partial charge in [0.1, 0.15) is 0 Å². The van der Waals surface area contributed by atoms with E-state index in [0.29, 0.717) is 5.92 Å². The lowest BCUT2D eigenvalue weighted by Crippen LogP contribution is -2.40. The normalized spacial score (nSPS) is 28.9. The van der Waals surface area contributed by atoms with Gasteiger partial charge in [0.05, 0.1) is 6.61 Å². The fraction of sp³-hybridized carbons (Fsp3) is 0.727. The Morgan fingerprint density at radius 3 is 2.84 bits per heavy atom. The first-order valence-electron chi connectivity index (χ1n) is 10.1. The molecule has 2 aliphatic rings. The summed E-state index contributed by atoms with van der Waals surface area (Å²) in [5, 5.41) is 9.50. The van der Waals surface area contributed by atoms with Crippen LogP contribution in [0.25, 0.3) is 0 Å². The van der Waals surface area contributed by atoms with Crippen LogP contribution in [0.1, 0.15) is 74.0 Å². The monoisotopic (exact) mass is 345 g/mol. The van der Waals surface area contributed by atoms with Crippen LogP contribution in [0.2, 0.25) is 0 Å². The van der Waals surface area contributed by atoms with Crippen molar-refractivity contribution in [2.75, 3.05) is 20.3 Å². The molecule has 1 aromatic rings. The van der Waals surface area contributed by atoms with E-state index >= 15 is 0 Å². The van der Waals surface area contributed by atoms with Crippen LogP contribution in [0.3, 0.4) is 0 Å². The molecule has 0 unspecified atom stereocenters. The molecule has 0 aromatic heterocycles. The number of unbranched alkanes of at least 4 members (excludes halogenated alkanes) is 2. The smallest absolute Gasteiger partial charge is 0.0611 e. The Hall–Kier alpha value is -0.900. The molecule has 0 radical (unpaired) electrons. The molecular weight excluding hydrogens is 310 g/mol. The van der Waals surface area contributed by atoms with Crippen LogP contribution in [0.5, 0.6) is 0 Å². The fourth-order valence-corrected chi connectivity index (χ4v) is 4.79. The predicted octanol–water partition coefficient (Wildman–Crippen LogP) is 3.96. The molecule has 3 heteroatoms. The van der Waals surface area contributed by atoms with Gasteiger partial charge < -0.3 is 15.6 Å². The quantitative estimate of drug-likeness (QED) is 0.701. The summed E-state index contributed by atoms with van der Waals surface area (Å²) < 4.78 is 5.13. The van der Waals surface area contributed by atoms with E-state index in [9.17, 15) is 5.11 Å². The number of methoxy groups -OCH3 is 1. The molecule has 0 saturated heterocycles. The molecule has 3 atom stereocenters. The first-order valence-corrected chi connectivity index (χ1v) is 10.1. The number of aliphatic hydroxyl groups is 1. The van der Waals surface area contributed by atoms with Crippen molar-refractivity contribution in [3.8, 4) is 0 Å². The molecule has 0 amide bonds. The second kappa shape index (κ2) is 8.66. The van der Waals surface area contributed by atoms with Gasteiger partial charge in [-0.1, -0.05) is 37.5 Å². The van der Waals surface area contributed by atoms with Gasteiger partial charge in [0.15, 0.2) is 0 Å². The molecule has 0 aliphatic heterocycles. The summed E-state index contributed by atoms with van der Waals surface area (Å²) in [6.07, 6.45) is 12.0. The Morgan fingerprint density at radius 2 is 2.08 bits per heavy atom. The molecule has 1 aromatic carbocycles. The summed E-state index contributed by atoms with van der Waals surface area (Å²) in [7, 11) is 1.79. The third-order valence-electron chi connectivity index (χ3n) is 6.45. The number of ether oxygens (including phenoxy) is 1. The van der Waals surface area contributed by atoms with Gasteiger partial charge in [-0.05, 0) is 73.5 Å². The van der Waals surface area contributed by atoms with E-state index in [1.807, 2.05) is 0 Å². The zero-order valence-electron chi connectivity index (χ0n) is 15.8. The van der Waals surface area contributed by atoms with Gasteiger partial charge in [0, 0.05) is 19.3 Å². The van der Waals surface area contributed by atoms with Crippen LogP contribution < -0.4 is 5.73 Å². The Balaban J connectivity index is 1.53. The molecule has 1 fully saturated rings. The minimum Gasteiger partial charge on any atom is -0.394 e. The van der Waals surface area contributed by atoms with Crippen molar-refractivity contribution in [1.82, 2.24) is 0 Å². The van der Waals surface area contributed by atoms with Gasteiger partial charge in [-0.2, -0.15) is 0 Å². The van der Waals surface area contributed by atoms with Gasteiger partial charge >= 0.3 is 0 Å². The van der Waals surface area contributed by atoms with E-state index in [0.717, 1.165) is 31.8 Å². The van der Waals surface area contributed by atoms with Gasteiger partial charge in [0.25, 0.3) is 0 Å². The number of aryl methyl sites for hydroxylation is 1. The molecule has 25 heavy (non-hydrogen) atoms. The molecule has 0 spiro atoms. The summed E-state index contributed by atoms with van der Waals surface area (Å²) in [5.74, 6) is 1.39. The summed E-state index contributed by atoms with van der Waals surface area (Å²) in [6, 6.07) is 7.14. The van der Waals surface area contributed by atoms with E-state index in [2.05, 4.69) is 18.2 Å². The number of benzene rings is 1. The maximum atomic E-state index is 9.50. The lowest BCUT2D eigenvalue weighted by molar-refractivity contribution is 0.191. The van der Waals surface area contributed by atoms with Crippen molar-refractivity contribution in [2.24, 2.45) is 11.7 Å². The largest absolute Gasteiger partial charge is 0.394 e.